The van der Waals surface area contributed by atoms with Crippen molar-refractivity contribution >= 4 is 22.1 Å². The summed E-state index contributed by atoms with van der Waals surface area (Å²) in [5.74, 6) is 0. The normalized spacial score (nSPS) is 12.1. The molecule has 0 fully saturated rings. The van der Waals surface area contributed by atoms with Crippen molar-refractivity contribution in [3.63, 3.8) is 0 Å². The molecule has 4 aromatic rings. The summed E-state index contributed by atoms with van der Waals surface area (Å²) in [5.41, 5.74) is 0.636. The van der Waals surface area contributed by atoms with E-state index >= 15 is 0 Å². The molecule has 0 radical (unpaired) electrons. The molecule has 2 aromatic carbocycles. The van der Waals surface area contributed by atoms with E-state index in [1.165, 1.54) is 23.0 Å². The molecule has 0 amide bonds. The first-order chi connectivity index (χ1) is 11.9. The molecule has 0 saturated heterocycles. The summed E-state index contributed by atoms with van der Waals surface area (Å²) in [4.78, 5) is 16.9. The van der Waals surface area contributed by atoms with Gasteiger partial charge in [-0.1, -0.05) is 24.3 Å². The Kier molecular flexibility index (Phi) is 3.38. The van der Waals surface area contributed by atoms with E-state index in [2.05, 4.69) is 4.98 Å². The van der Waals surface area contributed by atoms with Crippen LogP contribution in [-0.4, -0.2) is 9.55 Å². The van der Waals surface area contributed by atoms with Gasteiger partial charge in [-0.15, -0.1) is 0 Å². The fourth-order valence-corrected chi connectivity index (χ4v) is 2.72. The molecule has 0 atom stereocenters. The van der Waals surface area contributed by atoms with E-state index in [1.807, 2.05) is 12.1 Å². The van der Waals surface area contributed by atoms with Crippen molar-refractivity contribution in [3.8, 4) is 0 Å². The van der Waals surface area contributed by atoms with Gasteiger partial charge in [0, 0.05) is 5.39 Å². The molecule has 0 saturated carbocycles. The lowest BCUT2D eigenvalue weighted by Gasteiger charge is -2.08. The number of benzene rings is 2. The first kappa shape index (κ1) is 15.4. The van der Waals surface area contributed by atoms with Gasteiger partial charge in [-0.3, -0.25) is 9.36 Å². The molecule has 4 rings (SSSR count). The monoisotopic (exact) mass is 344 g/mol. The van der Waals surface area contributed by atoms with Crippen LogP contribution in [0.4, 0.5) is 13.2 Å². The van der Waals surface area contributed by atoms with Crippen LogP contribution in [0.15, 0.2) is 64.1 Å². The third-order valence-corrected chi connectivity index (χ3v) is 3.98. The first-order valence-electron chi connectivity index (χ1n) is 7.46. The summed E-state index contributed by atoms with van der Waals surface area (Å²) in [6.07, 6.45) is -3.01. The maximum Gasteiger partial charge on any atom is 0.416 e. The molecule has 126 valence electrons. The summed E-state index contributed by atoms with van der Waals surface area (Å²) >= 11 is 0. The summed E-state index contributed by atoms with van der Waals surface area (Å²) in [6, 6.07) is 11.9. The standard InChI is InChI=1S/C18H11F3N2O2/c19-18(20,21)12-7-5-11(6-8-12)9-23-10-22-15-13-3-1-2-4-14(13)25-16(15)17(23)24/h1-8,10H,9H2. The second kappa shape index (κ2) is 5.47. The van der Waals surface area contributed by atoms with Crippen molar-refractivity contribution in [1.29, 1.82) is 0 Å². The van der Waals surface area contributed by atoms with Gasteiger partial charge in [0.25, 0.3) is 5.56 Å². The zero-order valence-corrected chi connectivity index (χ0v) is 12.7. The Labute approximate surface area is 139 Å². The zero-order chi connectivity index (χ0) is 17.6. The molecule has 0 aliphatic heterocycles. The van der Waals surface area contributed by atoms with Gasteiger partial charge >= 0.3 is 6.18 Å². The van der Waals surface area contributed by atoms with Crippen LogP contribution in [0.2, 0.25) is 0 Å². The highest BCUT2D eigenvalue weighted by Crippen LogP contribution is 2.29. The largest absolute Gasteiger partial charge is 0.448 e. The maximum atomic E-state index is 12.6. The minimum atomic E-state index is -4.38. The van der Waals surface area contributed by atoms with E-state index in [0.717, 1.165) is 17.5 Å². The number of nitrogens with zero attached hydrogens (tertiary/aromatic N) is 2. The fraction of sp³-hybridized carbons (Fsp3) is 0.111. The highest BCUT2D eigenvalue weighted by atomic mass is 19.4. The molecule has 2 aromatic heterocycles. The Morgan fingerprint density at radius 2 is 1.76 bits per heavy atom. The number of hydrogen-bond donors (Lipinski definition) is 0. The summed E-state index contributed by atoms with van der Waals surface area (Å²) < 4.78 is 44.7. The second-order valence-electron chi connectivity index (χ2n) is 5.65. The van der Waals surface area contributed by atoms with Crippen LogP contribution in [0.25, 0.3) is 22.1 Å². The van der Waals surface area contributed by atoms with E-state index in [-0.39, 0.29) is 17.7 Å². The Bertz CT molecular complexity index is 1130. The summed E-state index contributed by atoms with van der Waals surface area (Å²) in [6.45, 7) is 0.108. The van der Waals surface area contributed by atoms with Gasteiger partial charge in [0.05, 0.1) is 18.4 Å². The number of aromatic nitrogens is 2. The number of para-hydroxylation sites is 1. The SMILES string of the molecule is O=c1c2oc3ccccc3c2ncn1Cc1ccc(C(F)(F)F)cc1. The van der Waals surface area contributed by atoms with Crippen molar-refractivity contribution < 1.29 is 17.6 Å². The lowest BCUT2D eigenvalue weighted by Crippen LogP contribution is -2.20. The van der Waals surface area contributed by atoms with Crippen LogP contribution in [0.5, 0.6) is 0 Å². The van der Waals surface area contributed by atoms with Crippen molar-refractivity contribution in [2.45, 2.75) is 12.7 Å². The number of furan rings is 1. The molecule has 0 unspecified atom stereocenters. The van der Waals surface area contributed by atoms with Crippen LogP contribution in [-0.2, 0) is 12.7 Å². The van der Waals surface area contributed by atoms with Crippen LogP contribution in [0, 0.1) is 0 Å². The molecule has 25 heavy (non-hydrogen) atoms. The van der Waals surface area contributed by atoms with Gasteiger partial charge in [0.15, 0.2) is 0 Å². The Balaban J connectivity index is 1.73. The number of hydrogen-bond acceptors (Lipinski definition) is 3. The van der Waals surface area contributed by atoms with Crippen LogP contribution in [0.3, 0.4) is 0 Å². The van der Waals surface area contributed by atoms with Crippen molar-refractivity contribution in [1.82, 2.24) is 9.55 Å². The van der Waals surface area contributed by atoms with E-state index in [0.29, 0.717) is 16.7 Å². The molecule has 2 heterocycles. The minimum Gasteiger partial charge on any atom is -0.448 e. The number of rotatable bonds is 2. The summed E-state index contributed by atoms with van der Waals surface area (Å²) in [7, 11) is 0. The molecular formula is C18H11F3N2O2. The number of halogens is 3. The predicted molar refractivity (Wildman–Crippen MR) is 86.3 cm³/mol. The van der Waals surface area contributed by atoms with Gasteiger partial charge in [0.1, 0.15) is 11.1 Å². The van der Waals surface area contributed by atoms with Crippen molar-refractivity contribution in [2.24, 2.45) is 0 Å². The van der Waals surface area contributed by atoms with E-state index in [1.54, 1.807) is 12.1 Å². The van der Waals surface area contributed by atoms with E-state index in [4.69, 9.17) is 4.42 Å². The first-order valence-corrected chi connectivity index (χ1v) is 7.46. The van der Waals surface area contributed by atoms with Gasteiger partial charge in [-0.05, 0) is 29.8 Å². The van der Waals surface area contributed by atoms with Gasteiger partial charge in [-0.2, -0.15) is 13.2 Å². The Hall–Kier alpha value is -3.09. The highest BCUT2D eigenvalue weighted by molar-refractivity contribution is 6.01. The topological polar surface area (TPSA) is 48.0 Å². The van der Waals surface area contributed by atoms with Gasteiger partial charge in [0.2, 0.25) is 5.58 Å². The smallest absolute Gasteiger partial charge is 0.416 e. The average Bonchev–Trinajstić information content (AvgIpc) is 2.97. The molecule has 4 nitrogen and oxygen atoms in total. The van der Waals surface area contributed by atoms with E-state index < -0.39 is 11.7 Å². The average molecular weight is 344 g/mol. The lowest BCUT2D eigenvalue weighted by atomic mass is 10.1. The predicted octanol–water partition coefficient (Wildman–Crippen LogP) is 4.21. The Morgan fingerprint density at radius 1 is 1.04 bits per heavy atom. The minimum absolute atomic E-state index is 0.108. The molecule has 0 bridgehead atoms. The highest BCUT2D eigenvalue weighted by Gasteiger charge is 2.29. The van der Waals surface area contributed by atoms with Gasteiger partial charge < -0.3 is 4.42 Å². The zero-order valence-electron chi connectivity index (χ0n) is 12.7. The van der Waals surface area contributed by atoms with E-state index in [9.17, 15) is 18.0 Å². The lowest BCUT2D eigenvalue weighted by molar-refractivity contribution is -0.137. The number of alkyl halides is 3. The van der Waals surface area contributed by atoms with Gasteiger partial charge in [-0.25, -0.2) is 4.98 Å². The molecule has 0 aliphatic carbocycles. The van der Waals surface area contributed by atoms with Crippen LogP contribution < -0.4 is 5.56 Å². The number of fused-ring (bicyclic) bond motifs is 3. The molecule has 7 heteroatoms. The molecule has 0 N–H and O–H groups in total. The summed E-state index contributed by atoms with van der Waals surface area (Å²) in [5, 5.41) is 0.747. The van der Waals surface area contributed by atoms with Crippen LogP contribution >= 0.6 is 0 Å². The third-order valence-electron chi connectivity index (χ3n) is 3.98. The molecular weight excluding hydrogens is 333 g/mol. The maximum absolute atomic E-state index is 12.6. The van der Waals surface area contributed by atoms with Crippen molar-refractivity contribution in [2.75, 3.05) is 0 Å². The molecule has 0 spiro atoms. The molecule has 0 aliphatic rings. The fourth-order valence-electron chi connectivity index (χ4n) is 2.72. The second-order valence-corrected chi connectivity index (χ2v) is 5.65. The Morgan fingerprint density at radius 3 is 2.48 bits per heavy atom. The third kappa shape index (κ3) is 2.67. The van der Waals surface area contributed by atoms with Crippen molar-refractivity contribution in [3.05, 3.63) is 76.3 Å². The van der Waals surface area contributed by atoms with Crippen LogP contribution in [0.1, 0.15) is 11.1 Å². The quantitative estimate of drug-likeness (QED) is 0.547.